The largest absolute Gasteiger partial charge is 0.481 e. The van der Waals surface area contributed by atoms with E-state index in [1.54, 1.807) is 7.05 Å². The van der Waals surface area contributed by atoms with Gasteiger partial charge in [0.25, 0.3) is 0 Å². The van der Waals surface area contributed by atoms with Crippen LogP contribution in [-0.4, -0.2) is 38.6 Å². The van der Waals surface area contributed by atoms with Gasteiger partial charge >= 0.3 is 11.7 Å². The Kier molecular flexibility index (Phi) is 6.91. The predicted molar refractivity (Wildman–Crippen MR) is 112 cm³/mol. The van der Waals surface area contributed by atoms with Gasteiger partial charge in [0.05, 0.1) is 16.7 Å². The molecule has 1 aliphatic rings. The van der Waals surface area contributed by atoms with Crippen LogP contribution < -0.4 is 16.3 Å². The van der Waals surface area contributed by atoms with Crippen LogP contribution >= 0.6 is 0 Å². The van der Waals surface area contributed by atoms with Gasteiger partial charge in [0, 0.05) is 26.4 Å². The van der Waals surface area contributed by atoms with Crippen LogP contribution in [0.3, 0.4) is 0 Å². The minimum absolute atomic E-state index is 0.212. The lowest BCUT2D eigenvalue weighted by atomic mass is 10.1. The number of para-hydroxylation sites is 1. The molecule has 9 nitrogen and oxygen atoms in total. The number of carbonyl (C=O) groups is 3. The molecule has 1 aromatic heterocycles. The van der Waals surface area contributed by atoms with E-state index in [1.807, 2.05) is 18.2 Å². The maximum Gasteiger partial charge on any atom is 0.329 e. The zero-order valence-corrected chi connectivity index (χ0v) is 17.1. The molecule has 1 aromatic carbocycles. The van der Waals surface area contributed by atoms with E-state index in [-0.39, 0.29) is 24.4 Å². The number of imidazole rings is 1. The van der Waals surface area contributed by atoms with Gasteiger partial charge in [-0.05, 0) is 31.4 Å². The van der Waals surface area contributed by atoms with Crippen molar-refractivity contribution in [1.82, 2.24) is 14.5 Å². The number of aryl methyl sites for hydroxylation is 1. The van der Waals surface area contributed by atoms with E-state index in [0.29, 0.717) is 18.4 Å². The minimum Gasteiger partial charge on any atom is -0.481 e. The van der Waals surface area contributed by atoms with Crippen molar-refractivity contribution in [2.75, 3.05) is 11.9 Å². The van der Waals surface area contributed by atoms with Gasteiger partial charge in [-0.25, -0.2) is 4.79 Å². The number of imide groups is 1. The summed E-state index contributed by atoms with van der Waals surface area (Å²) in [5.41, 5.74) is 1.93. The number of nitrogens with zero attached hydrogens (tertiary/aromatic N) is 2. The monoisotopic (exact) mass is 416 g/mol. The standard InChI is InChI=1S/C21H28N4O5/c1-24-19-14(22-13-6-4-2-3-5-10-18(27)28)8-7-9-15(19)25(21(24)30)16-11-12-17(26)23-20(16)29/h7-9,16,22H,2-6,10-13H2,1H3,(H,27,28)(H,23,26,29). The molecule has 3 rings (SSSR count). The van der Waals surface area contributed by atoms with Crippen LogP contribution in [-0.2, 0) is 21.4 Å². The van der Waals surface area contributed by atoms with E-state index in [2.05, 4.69) is 10.6 Å². The number of nitrogens with one attached hydrogen (secondary N) is 2. The minimum atomic E-state index is -0.750. The van der Waals surface area contributed by atoms with Crippen molar-refractivity contribution in [3.8, 4) is 0 Å². The summed E-state index contributed by atoms with van der Waals surface area (Å²) in [6.07, 6.45) is 5.28. The number of piperidine rings is 1. The first-order valence-corrected chi connectivity index (χ1v) is 10.4. The zero-order chi connectivity index (χ0) is 21.7. The molecule has 2 amide bonds. The van der Waals surface area contributed by atoms with E-state index in [0.717, 1.165) is 43.4 Å². The summed E-state index contributed by atoms with van der Waals surface area (Å²) in [5, 5.41) is 14.3. The normalized spacial score (nSPS) is 16.6. The molecular formula is C21H28N4O5. The van der Waals surface area contributed by atoms with Gasteiger partial charge in [-0.2, -0.15) is 0 Å². The molecule has 0 radical (unpaired) electrons. The zero-order valence-electron chi connectivity index (χ0n) is 17.1. The molecule has 0 saturated carbocycles. The average molecular weight is 416 g/mol. The number of benzene rings is 1. The number of hydrogen-bond donors (Lipinski definition) is 3. The molecule has 30 heavy (non-hydrogen) atoms. The molecular weight excluding hydrogens is 388 g/mol. The van der Waals surface area contributed by atoms with Crippen LogP contribution in [0.15, 0.2) is 23.0 Å². The molecule has 9 heteroatoms. The van der Waals surface area contributed by atoms with Gasteiger partial charge in [0.2, 0.25) is 11.8 Å². The van der Waals surface area contributed by atoms with Crippen LogP contribution in [0, 0.1) is 0 Å². The molecule has 2 aromatic rings. The number of unbranched alkanes of at least 4 members (excludes halogenated alkanes) is 4. The number of carboxylic acid groups (broad SMARTS) is 1. The highest BCUT2D eigenvalue weighted by molar-refractivity contribution is 6.00. The predicted octanol–water partition coefficient (Wildman–Crippen LogP) is 2.15. The second-order valence-electron chi connectivity index (χ2n) is 7.69. The van der Waals surface area contributed by atoms with E-state index in [9.17, 15) is 19.2 Å². The Morgan fingerprint density at radius 2 is 1.90 bits per heavy atom. The Bertz CT molecular complexity index is 1010. The van der Waals surface area contributed by atoms with Gasteiger partial charge in [-0.15, -0.1) is 0 Å². The lowest BCUT2D eigenvalue weighted by Gasteiger charge is -2.22. The number of aliphatic carboxylic acids is 1. The molecule has 0 bridgehead atoms. The molecule has 1 aliphatic heterocycles. The summed E-state index contributed by atoms with van der Waals surface area (Å²) in [7, 11) is 1.68. The number of anilines is 1. The van der Waals surface area contributed by atoms with Crippen molar-refractivity contribution in [3.63, 3.8) is 0 Å². The van der Waals surface area contributed by atoms with Gasteiger partial charge in [-0.1, -0.05) is 25.3 Å². The topological polar surface area (TPSA) is 122 Å². The first kappa shape index (κ1) is 21.6. The fraction of sp³-hybridized carbons (Fsp3) is 0.524. The lowest BCUT2D eigenvalue weighted by molar-refractivity contribution is -0.137. The Morgan fingerprint density at radius 1 is 1.17 bits per heavy atom. The van der Waals surface area contributed by atoms with Crippen LogP contribution in [0.2, 0.25) is 0 Å². The Morgan fingerprint density at radius 3 is 2.63 bits per heavy atom. The Labute approximate surface area is 174 Å². The van der Waals surface area contributed by atoms with E-state index in [1.165, 1.54) is 9.13 Å². The van der Waals surface area contributed by atoms with Crippen molar-refractivity contribution in [3.05, 3.63) is 28.7 Å². The third kappa shape index (κ3) is 4.72. The van der Waals surface area contributed by atoms with E-state index in [4.69, 9.17) is 5.11 Å². The summed E-state index contributed by atoms with van der Waals surface area (Å²) in [6, 6.07) is 4.87. The second kappa shape index (κ2) is 9.60. The fourth-order valence-corrected chi connectivity index (χ4v) is 3.97. The van der Waals surface area contributed by atoms with Crippen molar-refractivity contribution >= 4 is 34.5 Å². The SMILES string of the molecule is Cn1c(=O)n(C2CCC(=O)NC2=O)c2cccc(NCCCCCCCC(=O)O)c21. The van der Waals surface area contributed by atoms with Crippen LogP contribution in [0.1, 0.15) is 57.4 Å². The van der Waals surface area contributed by atoms with Crippen LogP contribution in [0.5, 0.6) is 0 Å². The van der Waals surface area contributed by atoms with Gasteiger partial charge < -0.3 is 10.4 Å². The smallest absolute Gasteiger partial charge is 0.329 e. The van der Waals surface area contributed by atoms with Gasteiger partial charge in [0.15, 0.2) is 0 Å². The first-order valence-electron chi connectivity index (χ1n) is 10.4. The summed E-state index contributed by atoms with van der Waals surface area (Å²) < 4.78 is 3.01. The Balaban J connectivity index is 1.67. The molecule has 0 spiro atoms. The van der Waals surface area contributed by atoms with Crippen molar-refractivity contribution in [2.24, 2.45) is 7.05 Å². The summed E-state index contributed by atoms with van der Waals surface area (Å²) in [5.74, 6) is -1.50. The maximum absolute atomic E-state index is 12.9. The quantitative estimate of drug-likeness (QED) is 0.403. The first-order chi connectivity index (χ1) is 14.4. The highest BCUT2D eigenvalue weighted by Crippen LogP contribution is 2.27. The van der Waals surface area contributed by atoms with Gasteiger partial charge in [0.1, 0.15) is 6.04 Å². The van der Waals surface area contributed by atoms with E-state index >= 15 is 0 Å². The van der Waals surface area contributed by atoms with Crippen molar-refractivity contribution in [1.29, 1.82) is 0 Å². The number of hydrogen-bond acceptors (Lipinski definition) is 5. The van der Waals surface area contributed by atoms with Crippen LogP contribution in [0.4, 0.5) is 5.69 Å². The molecule has 1 fully saturated rings. The molecule has 2 heterocycles. The highest BCUT2D eigenvalue weighted by atomic mass is 16.4. The molecule has 0 aliphatic carbocycles. The third-order valence-corrected chi connectivity index (χ3v) is 5.51. The highest BCUT2D eigenvalue weighted by Gasteiger charge is 2.31. The summed E-state index contributed by atoms with van der Waals surface area (Å²) in [6.45, 7) is 0.732. The number of aromatic nitrogens is 2. The number of carboxylic acids is 1. The number of carbonyl (C=O) groups excluding carboxylic acids is 2. The molecule has 3 N–H and O–H groups in total. The van der Waals surface area contributed by atoms with Crippen LogP contribution in [0.25, 0.3) is 11.0 Å². The molecule has 1 saturated heterocycles. The molecule has 1 unspecified atom stereocenters. The lowest BCUT2D eigenvalue weighted by Crippen LogP contribution is -2.44. The summed E-state index contributed by atoms with van der Waals surface area (Å²) in [4.78, 5) is 47.2. The van der Waals surface area contributed by atoms with E-state index < -0.39 is 17.9 Å². The van der Waals surface area contributed by atoms with Gasteiger partial charge in [-0.3, -0.25) is 28.8 Å². The third-order valence-electron chi connectivity index (χ3n) is 5.51. The molecule has 162 valence electrons. The second-order valence-corrected chi connectivity index (χ2v) is 7.69. The Hall–Kier alpha value is -3.10. The summed E-state index contributed by atoms with van der Waals surface area (Å²) >= 11 is 0. The number of amides is 2. The number of fused-ring (bicyclic) bond motifs is 1. The fourth-order valence-electron chi connectivity index (χ4n) is 3.97. The average Bonchev–Trinajstić information content (AvgIpc) is 2.95. The molecule has 1 atom stereocenters. The van der Waals surface area contributed by atoms with Crippen molar-refractivity contribution in [2.45, 2.75) is 57.4 Å². The maximum atomic E-state index is 12.9. The van der Waals surface area contributed by atoms with Crippen molar-refractivity contribution < 1.29 is 19.5 Å². The number of rotatable bonds is 10.